The van der Waals surface area contributed by atoms with E-state index in [4.69, 9.17) is 4.74 Å². The van der Waals surface area contributed by atoms with Crippen LogP contribution < -0.4 is 0 Å². The monoisotopic (exact) mass is 321 g/mol. The van der Waals surface area contributed by atoms with Gasteiger partial charge >= 0.3 is 6.09 Å². The first-order valence-electron chi connectivity index (χ1n) is 7.96. The van der Waals surface area contributed by atoms with Gasteiger partial charge in [0.05, 0.1) is 11.6 Å². The molecule has 2 aliphatic heterocycles. The van der Waals surface area contributed by atoms with Crippen molar-refractivity contribution in [3.8, 4) is 0 Å². The molecular weight excluding hydrogens is 301 g/mol. The number of nitrogens with zero attached hydrogens (tertiary/aromatic N) is 3. The molecule has 0 N–H and O–H groups in total. The number of amides is 2. The van der Waals surface area contributed by atoms with Crippen molar-refractivity contribution < 1.29 is 18.7 Å². The second-order valence-corrected chi connectivity index (χ2v) is 5.91. The Bertz CT molecular complexity index is 602. The molecule has 1 aromatic rings. The normalized spacial score (nSPS) is 22.3. The summed E-state index contributed by atoms with van der Waals surface area (Å²) < 4.78 is 18.8. The van der Waals surface area contributed by atoms with Crippen molar-refractivity contribution in [2.45, 2.75) is 38.3 Å². The first-order valence-corrected chi connectivity index (χ1v) is 7.96. The number of halogens is 1. The summed E-state index contributed by atoms with van der Waals surface area (Å²) in [5.74, 6) is -1.08. The molecule has 7 heteroatoms. The van der Waals surface area contributed by atoms with Crippen LogP contribution in [0, 0.1) is 5.95 Å². The molecule has 124 valence electrons. The number of hydrogen-bond acceptors (Lipinski definition) is 4. The third-order valence-corrected chi connectivity index (χ3v) is 4.61. The molecule has 1 atom stereocenters. The SMILES string of the molecule is CCC1COC(=O)N1C1CCN(C(=O)c2cccnc2F)CC1. The minimum Gasteiger partial charge on any atom is -0.447 e. The highest BCUT2D eigenvalue weighted by molar-refractivity contribution is 5.94. The van der Waals surface area contributed by atoms with Crippen LogP contribution in [0.3, 0.4) is 0 Å². The third-order valence-electron chi connectivity index (χ3n) is 4.61. The molecule has 6 nitrogen and oxygen atoms in total. The molecule has 1 unspecified atom stereocenters. The number of piperidine rings is 1. The van der Waals surface area contributed by atoms with Gasteiger partial charge in [-0.25, -0.2) is 9.78 Å². The molecular formula is C16H20FN3O3. The smallest absolute Gasteiger partial charge is 0.410 e. The lowest BCUT2D eigenvalue weighted by Gasteiger charge is -2.37. The fraction of sp³-hybridized carbons (Fsp3) is 0.562. The Hall–Kier alpha value is -2.18. The summed E-state index contributed by atoms with van der Waals surface area (Å²) in [6, 6.07) is 3.19. The van der Waals surface area contributed by atoms with E-state index in [-0.39, 0.29) is 29.6 Å². The molecule has 2 fully saturated rings. The van der Waals surface area contributed by atoms with Crippen molar-refractivity contribution in [2.75, 3.05) is 19.7 Å². The summed E-state index contributed by atoms with van der Waals surface area (Å²) in [5, 5.41) is 0. The third kappa shape index (κ3) is 3.00. The van der Waals surface area contributed by atoms with E-state index in [1.165, 1.54) is 12.3 Å². The van der Waals surface area contributed by atoms with Crippen molar-refractivity contribution in [3.63, 3.8) is 0 Å². The number of cyclic esters (lactones) is 1. The number of ether oxygens (including phenoxy) is 1. The number of carbonyl (C=O) groups excluding carboxylic acids is 2. The highest BCUT2D eigenvalue weighted by atomic mass is 19.1. The summed E-state index contributed by atoms with van der Waals surface area (Å²) in [7, 11) is 0. The van der Waals surface area contributed by atoms with Gasteiger partial charge < -0.3 is 9.64 Å². The van der Waals surface area contributed by atoms with Crippen LogP contribution in [0.2, 0.25) is 0 Å². The summed E-state index contributed by atoms with van der Waals surface area (Å²) in [5.41, 5.74) is -0.00188. The molecule has 3 heterocycles. The van der Waals surface area contributed by atoms with Gasteiger partial charge in [0.1, 0.15) is 6.61 Å². The number of likely N-dealkylation sites (tertiary alicyclic amines) is 1. The van der Waals surface area contributed by atoms with E-state index < -0.39 is 5.95 Å². The van der Waals surface area contributed by atoms with Crippen LogP contribution in [0.1, 0.15) is 36.5 Å². The highest BCUT2D eigenvalue weighted by Crippen LogP contribution is 2.26. The van der Waals surface area contributed by atoms with E-state index in [2.05, 4.69) is 4.98 Å². The molecule has 1 aromatic heterocycles. The number of carbonyl (C=O) groups is 2. The Morgan fingerprint density at radius 2 is 2.17 bits per heavy atom. The first kappa shape index (κ1) is 15.7. The molecule has 0 spiro atoms. The predicted octanol–water partition coefficient (Wildman–Crippen LogP) is 2.06. The lowest BCUT2D eigenvalue weighted by molar-refractivity contribution is 0.0630. The van der Waals surface area contributed by atoms with Crippen molar-refractivity contribution in [1.82, 2.24) is 14.8 Å². The maximum atomic E-state index is 13.6. The molecule has 2 saturated heterocycles. The van der Waals surface area contributed by atoms with E-state index >= 15 is 0 Å². The van der Waals surface area contributed by atoms with Crippen LogP contribution in [-0.2, 0) is 4.74 Å². The van der Waals surface area contributed by atoms with Gasteiger partial charge in [-0.15, -0.1) is 0 Å². The Balaban J connectivity index is 1.63. The van der Waals surface area contributed by atoms with Gasteiger partial charge in [-0.05, 0) is 31.4 Å². The number of pyridine rings is 1. The molecule has 0 bridgehead atoms. The summed E-state index contributed by atoms with van der Waals surface area (Å²) >= 11 is 0. The van der Waals surface area contributed by atoms with Crippen molar-refractivity contribution in [3.05, 3.63) is 29.8 Å². The second-order valence-electron chi connectivity index (χ2n) is 5.91. The molecule has 0 aromatic carbocycles. The number of aromatic nitrogens is 1. The topological polar surface area (TPSA) is 62.7 Å². The minimum absolute atomic E-state index is 0.00188. The van der Waals surface area contributed by atoms with Crippen molar-refractivity contribution in [2.24, 2.45) is 0 Å². The van der Waals surface area contributed by atoms with Crippen molar-refractivity contribution in [1.29, 1.82) is 0 Å². The summed E-state index contributed by atoms with van der Waals surface area (Å²) in [4.78, 5) is 31.2. The van der Waals surface area contributed by atoms with Gasteiger partial charge in [-0.1, -0.05) is 6.92 Å². The lowest BCUT2D eigenvalue weighted by atomic mass is 10.0. The van der Waals surface area contributed by atoms with Crippen LogP contribution >= 0.6 is 0 Å². The van der Waals surface area contributed by atoms with Gasteiger partial charge in [-0.2, -0.15) is 4.39 Å². The average Bonchev–Trinajstić information content (AvgIpc) is 2.95. The van der Waals surface area contributed by atoms with Gasteiger partial charge in [0.2, 0.25) is 5.95 Å². The molecule has 3 rings (SSSR count). The lowest BCUT2D eigenvalue weighted by Crippen LogP contribution is -2.49. The Morgan fingerprint density at radius 1 is 1.43 bits per heavy atom. The van der Waals surface area contributed by atoms with Crippen LogP contribution in [0.4, 0.5) is 9.18 Å². The van der Waals surface area contributed by atoms with Crippen LogP contribution in [0.5, 0.6) is 0 Å². The van der Waals surface area contributed by atoms with Gasteiger partial charge in [-0.3, -0.25) is 9.69 Å². The predicted molar refractivity (Wildman–Crippen MR) is 80.4 cm³/mol. The maximum absolute atomic E-state index is 13.6. The standard InChI is InChI=1S/C16H20FN3O3/c1-2-11-10-23-16(22)20(11)12-5-8-19(9-6-12)15(21)13-4-3-7-18-14(13)17/h3-4,7,11-12H,2,5-6,8-10H2,1H3. The highest BCUT2D eigenvalue weighted by Gasteiger charge is 2.39. The average molecular weight is 321 g/mol. The van der Waals surface area contributed by atoms with E-state index in [0.29, 0.717) is 32.5 Å². The molecule has 2 aliphatic rings. The van der Waals surface area contributed by atoms with Gasteiger partial charge in [0, 0.05) is 25.3 Å². The Morgan fingerprint density at radius 3 is 2.83 bits per heavy atom. The van der Waals surface area contributed by atoms with Crippen LogP contribution in [0.25, 0.3) is 0 Å². The summed E-state index contributed by atoms with van der Waals surface area (Å²) in [6.45, 7) is 3.47. The van der Waals surface area contributed by atoms with Crippen LogP contribution in [-0.4, -0.2) is 58.6 Å². The fourth-order valence-corrected chi connectivity index (χ4v) is 3.30. The van der Waals surface area contributed by atoms with E-state index in [1.807, 2.05) is 11.8 Å². The van der Waals surface area contributed by atoms with E-state index in [1.54, 1.807) is 11.0 Å². The Kier molecular flexibility index (Phi) is 4.45. The first-order chi connectivity index (χ1) is 11.1. The Labute approximate surface area is 134 Å². The number of rotatable bonds is 3. The van der Waals surface area contributed by atoms with Gasteiger partial charge in [0.15, 0.2) is 0 Å². The van der Waals surface area contributed by atoms with E-state index in [0.717, 1.165) is 6.42 Å². The zero-order valence-electron chi connectivity index (χ0n) is 13.1. The minimum atomic E-state index is -0.742. The molecule has 2 amide bonds. The van der Waals surface area contributed by atoms with Gasteiger partial charge in [0.25, 0.3) is 5.91 Å². The molecule has 23 heavy (non-hydrogen) atoms. The zero-order valence-corrected chi connectivity index (χ0v) is 13.1. The molecule has 0 aliphatic carbocycles. The summed E-state index contributed by atoms with van der Waals surface area (Å²) in [6.07, 6.45) is 3.27. The van der Waals surface area contributed by atoms with E-state index in [9.17, 15) is 14.0 Å². The van der Waals surface area contributed by atoms with Crippen molar-refractivity contribution >= 4 is 12.0 Å². The second kappa shape index (κ2) is 6.52. The maximum Gasteiger partial charge on any atom is 0.410 e. The van der Waals surface area contributed by atoms with Crippen LogP contribution in [0.15, 0.2) is 18.3 Å². The zero-order chi connectivity index (χ0) is 16.4. The number of hydrogen-bond donors (Lipinski definition) is 0. The quantitative estimate of drug-likeness (QED) is 0.800. The fourth-order valence-electron chi connectivity index (χ4n) is 3.30. The molecule has 0 radical (unpaired) electrons. The largest absolute Gasteiger partial charge is 0.447 e. The molecule has 0 saturated carbocycles.